The van der Waals surface area contributed by atoms with Gasteiger partial charge < -0.3 is 0 Å². The Morgan fingerprint density at radius 3 is 2.13 bits per heavy atom. The van der Waals surface area contributed by atoms with E-state index in [4.69, 9.17) is 4.98 Å². The first-order valence-corrected chi connectivity index (χ1v) is 11.6. The zero-order valence-corrected chi connectivity index (χ0v) is 18.4. The van der Waals surface area contributed by atoms with Crippen molar-refractivity contribution in [2.24, 2.45) is 0 Å². The van der Waals surface area contributed by atoms with E-state index >= 15 is 0 Å². The van der Waals surface area contributed by atoms with E-state index in [1.165, 1.54) is 3.97 Å². The van der Waals surface area contributed by atoms with Gasteiger partial charge in [0.25, 0.3) is 10.0 Å². The van der Waals surface area contributed by atoms with Gasteiger partial charge in [-0.3, -0.25) is 4.98 Å². The first-order valence-electron chi connectivity index (χ1n) is 10.2. The van der Waals surface area contributed by atoms with Crippen LogP contribution >= 0.6 is 0 Å². The van der Waals surface area contributed by atoms with Crippen molar-refractivity contribution in [1.29, 1.82) is 0 Å². The number of nitrogens with zero attached hydrogens (tertiary/aromatic N) is 2. The molecule has 0 fully saturated rings. The van der Waals surface area contributed by atoms with Gasteiger partial charge in [0.15, 0.2) is 0 Å². The predicted molar refractivity (Wildman–Crippen MR) is 126 cm³/mol. The Kier molecular flexibility index (Phi) is 4.45. The number of aryl methyl sites for hydroxylation is 3. The first kappa shape index (κ1) is 19.5. The van der Waals surface area contributed by atoms with Gasteiger partial charge in [-0.25, -0.2) is 12.4 Å². The predicted octanol–water partition coefficient (Wildman–Crippen LogP) is 6.02. The maximum Gasteiger partial charge on any atom is 0.268 e. The highest BCUT2D eigenvalue weighted by molar-refractivity contribution is 7.90. The Hall–Kier alpha value is -3.44. The molecule has 0 radical (unpaired) electrons. The van der Waals surface area contributed by atoms with Gasteiger partial charge in [0.05, 0.1) is 21.6 Å². The van der Waals surface area contributed by atoms with Crippen LogP contribution in [0.4, 0.5) is 0 Å². The minimum absolute atomic E-state index is 0.262. The average molecular weight is 427 g/mol. The lowest BCUT2D eigenvalue weighted by Gasteiger charge is -2.14. The summed E-state index contributed by atoms with van der Waals surface area (Å²) in [7, 11) is -3.85. The number of rotatable bonds is 3. The summed E-state index contributed by atoms with van der Waals surface area (Å²) in [6, 6.07) is 24.4. The van der Waals surface area contributed by atoms with Crippen LogP contribution in [0, 0.1) is 20.8 Å². The summed E-state index contributed by atoms with van der Waals surface area (Å²) in [5.41, 5.74) is 5.73. The highest BCUT2D eigenvalue weighted by Crippen LogP contribution is 2.39. The lowest BCUT2D eigenvalue weighted by Crippen LogP contribution is -2.13. The Morgan fingerprint density at radius 2 is 1.42 bits per heavy atom. The quantitative estimate of drug-likeness (QED) is 0.354. The van der Waals surface area contributed by atoms with Crippen LogP contribution in [0.3, 0.4) is 0 Å². The second-order valence-corrected chi connectivity index (χ2v) is 9.65. The summed E-state index contributed by atoms with van der Waals surface area (Å²) < 4.78 is 29.4. The highest BCUT2D eigenvalue weighted by atomic mass is 32.2. The number of hydrogen-bond acceptors (Lipinski definition) is 3. The minimum Gasteiger partial charge on any atom is -0.251 e. The van der Waals surface area contributed by atoms with Gasteiger partial charge in [-0.05, 0) is 44.5 Å². The molecule has 2 heterocycles. The molecule has 0 saturated carbocycles. The molecule has 0 aliphatic heterocycles. The molecule has 0 atom stereocenters. The fraction of sp³-hybridized carbons (Fsp3) is 0.115. The largest absolute Gasteiger partial charge is 0.268 e. The van der Waals surface area contributed by atoms with Crippen molar-refractivity contribution in [2.45, 2.75) is 25.7 Å². The molecule has 0 amide bonds. The zero-order valence-electron chi connectivity index (χ0n) is 17.6. The fourth-order valence-electron chi connectivity index (χ4n) is 4.15. The molecule has 154 valence electrons. The van der Waals surface area contributed by atoms with E-state index in [2.05, 4.69) is 0 Å². The Labute approximate surface area is 181 Å². The molecule has 0 bridgehead atoms. The summed E-state index contributed by atoms with van der Waals surface area (Å²) >= 11 is 0. The van der Waals surface area contributed by atoms with Gasteiger partial charge in [0.2, 0.25) is 0 Å². The van der Waals surface area contributed by atoms with E-state index in [9.17, 15) is 8.42 Å². The molecule has 31 heavy (non-hydrogen) atoms. The molecular weight excluding hydrogens is 404 g/mol. The molecule has 3 aromatic carbocycles. The zero-order chi connectivity index (χ0) is 21.8. The standard InChI is InChI=1S/C26H22N2O2S/c1-17-13-15-21(16-14-17)31(29,30)28-23-12-8-7-11-22(23)24-18(2)19(3)27-25(26(24)28)20-9-5-4-6-10-20/h4-16H,1-3H3. The van der Waals surface area contributed by atoms with Crippen molar-refractivity contribution in [3.05, 3.63) is 95.7 Å². The SMILES string of the molecule is Cc1ccc(S(=O)(=O)n2c3ccccc3c3c(C)c(C)nc(-c4ccccc4)c32)cc1. The molecule has 0 spiro atoms. The summed E-state index contributed by atoms with van der Waals surface area (Å²) in [6.45, 7) is 5.93. The molecule has 2 aromatic heterocycles. The third kappa shape index (κ3) is 2.96. The molecule has 0 aliphatic carbocycles. The van der Waals surface area contributed by atoms with Crippen molar-refractivity contribution in [3.63, 3.8) is 0 Å². The number of aromatic nitrogens is 2. The topological polar surface area (TPSA) is 52.0 Å². The van der Waals surface area contributed by atoms with Crippen LogP contribution < -0.4 is 0 Å². The maximum atomic E-state index is 13.9. The molecule has 4 nitrogen and oxygen atoms in total. The van der Waals surface area contributed by atoms with Gasteiger partial charge in [0, 0.05) is 22.0 Å². The van der Waals surface area contributed by atoms with Crippen molar-refractivity contribution < 1.29 is 8.42 Å². The van der Waals surface area contributed by atoms with Gasteiger partial charge in [-0.15, -0.1) is 0 Å². The smallest absolute Gasteiger partial charge is 0.251 e. The van der Waals surface area contributed by atoms with Crippen molar-refractivity contribution in [3.8, 4) is 11.3 Å². The highest BCUT2D eigenvalue weighted by Gasteiger charge is 2.27. The lowest BCUT2D eigenvalue weighted by molar-refractivity contribution is 0.590. The van der Waals surface area contributed by atoms with Crippen LogP contribution in [0.15, 0.2) is 83.8 Å². The fourth-order valence-corrected chi connectivity index (χ4v) is 5.68. The van der Waals surface area contributed by atoms with Crippen LogP contribution in [0.2, 0.25) is 0 Å². The molecule has 5 aromatic rings. The van der Waals surface area contributed by atoms with E-state index in [1.807, 2.05) is 87.5 Å². The number of pyridine rings is 1. The van der Waals surface area contributed by atoms with Crippen LogP contribution in [-0.4, -0.2) is 17.4 Å². The third-order valence-corrected chi connectivity index (χ3v) is 7.59. The van der Waals surface area contributed by atoms with E-state index in [1.54, 1.807) is 12.1 Å². The molecule has 5 rings (SSSR count). The second kappa shape index (κ2) is 7.06. The lowest BCUT2D eigenvalue weighted by atomic mass is 10.0. The number of para-hydroxylation sites is 1. The number of benzene rings is 3. The van der Waals surface area contributed by atoms with Gasteiger partial charge in [0.1, 0.15) is 0 Å². The van der Waals surface area contributed by atoms with E-state index < -0.39 is 10.0 Å². The summed E-state index contributed by atoms with van der Waals surface area (Å²) in [5, 5.41) is 1.84. The summed E-state index contributed by atoms with van der Waals surface area (Å²) in [5.74, 6) is 0. The maximum absolute atomic E-state index is 13.9. The Bertz CT molecular complexity index is 1550. The molecular formula is C26H22N2O2S. The van der Waals surface area contributed by atoms with Gasteiger partial charge in [-0.2, -0.15) is 0 Å². The third-order valence-electron chi connectivity index (χ3n) is 5.86. The normalized spacial score (nSPS) is 12.0. The monoisotopic (exact) mass is 426 g/mol. The molecule has 0 aliphatic rings. The van der Waals surface area contributed by atoms with Crippen LogP contribution in [0.25, 0.3) is 33.1 Å². The number of hydrogen-bond donors (Lipinski definition) is 0. The van der Waals surface area contributed by atoms with E-state index in [-0.39, 0.29) is 4.90 Å². The summed E-state index contributed by atoms with van der Waals surface area (Å²) in [6.07, 6.45) is 0. The van der Waals surface area contributed by atoms with Crippen LogP contribution in [0.1, 0.15) is 16.8 Å². The van der Waals surface area contributed by atoms with Crippen LogP contribution in [-0.2, 0) is 10.0 Å². The Balaban J connectivity index is 2.01. The molecule has 0 unspecified atom stereocenters. The minimum atomic E-state index is -3.85. The average Bonchev–Trinajstić information content (AvgIpc) is 3.13. The molecule has 0 saturated heterocycles. The van der Waals surface area contributed by atoms with E-state index in [0.717, 1.165) is 33.2 Å². The second-order valence-electron chi connectivity index (χ2n) is 7.86. The first-order chi connectivity index (χ1) is 14.9. The molecule has 5 heteroatoms. The van der Waals surface area contributed by atoms with E-state index in [0.29, 0.717) is 16.7 Å². The van der Waals surface area contributed by atoms with Crippen molar-refractivity contribution in [2.75, 3.05) is 0 Å². The van der Waals surface area contributed by atoms with Crippen molar-refractivity contribution >= 4 is 31.8 Å². The van der Waals surface area contributed by atoms with Crippen LogP contribution in [0.5, 0.6) is 0 Å². The van der Waals surface area contributed by atoms with Gasteiger partial charge in [-0.1, -0.05) is 66.2 Å². The Morgan fingerprint density at radius 1 is 0.774 bits per heavy atom. The van der Waals surface area contributed by atoms with Crippen molar-refractivity contribution in [1.82, 2.24) is 8.96 Å². The molecule has 0 N–H and O–H groups in total. The summed E-state index contributed by atoms with van der Waals surface area (Å²) in [4.78, 5) is 5.13. The number of fused-ring (bicyclic) bond motifs is 3. The van der Waals surface area contributed by atoms with Gasteiger partial charge >= 0.3 is 0 Å².